The molecule has 0 radical (unpaired) electrons. The van der Waals surface area contributed by atoms with E-state index < -0.39 is 0 Å². The lowest BCUT2D eigenvalue weighted by molar-refractivity contribution is -0.148. The van der Waals surface area contributed by atoms with Crippen LogP contribution in [-0.2, 0) is 9.53 Å². The van der Waals surface area contributed by atoms with Gasteiger partial charge in [-0.25, -0.2) is 0 Å². The van der Waals surface area contributed by atoms with Gasteiger partial charge in [-0.1, -0.05) is 44.5 Å². The Balaban J connectivity index is 1.50. The van der Waals surface area contributed by atoms with Gasteiger partial charge in [-0.15, -0.1) is 12.3 Å². The third-order valence-electron chi connectivity index (χ3n) is 10.5. The average Bonchev–Trinajstić information content (AvgIpc) is 3.11. The molecular weight excluding hydrogens is 422 g/mol. The number of hydrogen-bond donors (Lipinski definition) is 0. The van der Waals surface area contributed by atoms with Crippen LogP contribution in [0.25, 0.3) is 10.4 Å². The highest BCUT2D eigenvalue weighted by atomic mass is 16.5. The summed E-state index contributed by atoms with van der Waals surface area (Å²) in [5, 5.41) is 3.99. The van der Waals surface area contributed by atoms with Gasteiger partial charge in [0.25, 0.3) is 0 Å². The number of carbonyl (C=O) groups is 1. The molecule has 0 heterocycles. The molecule has 5 nitrogen and oxygen atoms in total. The van der Waals surface area contributed by atoms with Crippen LogP contribution in [0.1, 0.15) is 98.8 Å². The summed E-state index contributed by atoms with van der Waals surface area (Å²) in [6.07, 6.45) is 19.7. The quantitative estimate of drug-likeness (QED) is 0.101. The van der Waals surface area contributed by atoms with Crippen LogP contribution in [0, 0.1) is 52.8 Å². The number of esters is 1. The van der Waals surface area contributed by atoms with E-state index in [0.29, 0.717) is 11.3 Å². The first-order chi connectivity index (χ1) is 16.0. The molecule has 0 saturated heterocycles. The van der Waals surface area contributed by atoms with Crippen molar-refractivity contribution in [2.24, 2.45) is 45.5 Å². The summed E-state index contributed by atoms with van der Waals surface area (Å²) < 4.78 is 5.60. The molecule has 8 atom stereocenters. The first-order valence-electron chi connectivity index (χ1n) is 13.4. The Morgan fingerprint density at radius 1 is 1.29 bits per heavy atom. The molecule has 0 aromatic carbocycles. The Hall–Kier alpha value is -1.92. The van der Waals surface area contributed by atoms with Crippen LogP contribution in [0.15, 0.2) is 16.8 Å². The number of terminal acetylenes is 1. The second-order valence-electron chi connectivity index (χ2n) is 12.8. The first-order valence-corrected chi connectivity index (χ1v) is 13.4. The van der Waals surface area contributed by atoms with Gasteiger partial charge < -0.3 is 4.74 Å². The van der Waals surface area contributed by atoms with Crippen LogP contribution in [0.2, 0.25) is 0 Å². The molecule has 0 aromatic rings. The Bertz CT molecular complexity index is 926. The number of carbonyl (C=O) groups excluding carboxylic acids is 1. The van der Waals surface area contributed by atoms with Crippen molar-refractivity contribution in [3.8, 4) is 12.3 Å². The third-order valence-corrected chi connectivity index (χ3v) is 10.5. The van der Waals surface area contributed by atoms with Crippen LogP contribution < -0.4 is 0 Å². The third kappa shape index (κ3) is 4.39. The minimum atomic E-state index is -0.384. The van der Waals surface area contributed by atoms with E-state index in [1.165, 1.54) is 39.0 Å². The molecule has 34 heavy (non-hydrogen) atoms. The normalized spacial score (nSPS) is 39.9. The second-order valence-corrected chi connectivity index (χ2v) is 12.8. The Kier molecular flexibility index (Phi) is 6.87. The van der Waals surface area contributed by atoms with E-state index in [0.717, 1.165) is 49.9 Å². The molecule has 4 aliphatic rings. The monoisotopic (exact) mass is 465 g/mol. The lowest BCUT2D eigenvalue weighted by Gasteiger charge is -2.58. The van der Waals surface area contributed by atoms with Crippen LogP contribution in [0.4, 0.5) is 0 Å². The highest BCUT2D eigenvalue weighted by Gasteiger charge is 2.59. The van der Waals surface area contributed by atoms with Gasteiger partial charge in [0.05, 0.1) is 0 Å². The van der Waals surface area contributed by atoms with Crippen molar-refractivity contribution in [3.63, 3.8) is 0 Å². The van der Waals surface area contributed by atoms with Crippen molar-refractivity contribution in [2.45, 2.75) is 110 Å². The van der Waals surface area contributed by atoms with Gasteiger partial charge >= 0.3 is 5.97 Å². The van der Waals surface area contributed by atoms with Crippen molar-refractivity contribution in [2.75, 3.05) is 0 Å². The number of azide groups is 1. The SMILES string of the molecule is C#C[C@H](CCC(C)(C)N=[N+]=[N-])[C@H]1CCC2C3CC=C4C[C@@H](OC(C)=O)CC[C@]4(C)C3CC[C@@]21C. The molecule has 3 unspecified atom stereocenters. The fourth-order valence-electron chi connectivity index (χ4n) is 8.74. The Labute approximate surface area is 206 Å². The van der Waals surface area contributed by atoms with Crippen molar-refractivity contribution < 1.29 is 9.53 Å². The highest BCUT2D eigenvalue weighted by Crippen LogP contribution is 2.67. The Morgan fingerprint density at radius 3 is 2.74 bits per heavy atom. The minimum absolute atomic E-state index is 0.0593. The van der Waals surface area contributed by atoms with Crippen molar-refractivity contribution in [1.82, 2.24) is 0 Å². The van der Waals surface area contributed by atoms with Crippen LogP contribution in [0.3, 0.4) is 0 Å². The van der Waals surface area contributed by atoms with Crippen molar-refractivity contribution >= 4 is 5.97 Å². The van der Waals surface area contributed by atoms with E-state index in [4.69, 9.17) is 16.7 Å². The zero-order valence-electron chi connectivity index (χ0n) is 21.8. The second kappa shape index (κ2) is 9.27. The average molecular weight is 466 g/mol. The Morgan fingerprint density at radius 2 is 2.06 bits per heavy atom. The topological polar surface area (TPSA) is 75.1 Å². The smallest absolute Gasteiger partial charge is 0.302 e. The highest BCUT2D eigenvalue weighted by molar-refractivity contribution is 5.66. The van der Waals surface area contributed by atoms with E-state index in [-0.39, 0.29) is 28.9 Å². The van der Waals surface area contributed by atoms with Crippen molar-refractivity contribution in [1.29, 1.82) is 0 Å². The van der Waals surface area contributed by atoms with Gasteiger partial charge in [0.15, 0.2) is 0 Å². The number of nitrogens with zero attached hydrogens (tertiary/aromatic N) is 3. The van der Waals surface area contributed by atoms with Gasteiger partial charge in [0.2, 0.25) is 0 Å². The number of ether oxygens (including phenoxy) is 1. The predicted octanol–water partition coefficient (Wildman–Crippen LogP) is 7.62. The molecule has 0 bridgehead atoms. The largest absolute Gasteiger partial charge is 0.462 e. The summed E-state index contributed by atoms with van der Waals surface area (Å²) in [5.41, 5.74) is 10.6. The molecule has 0 amide bonds. The van der Waals surface area contributed by atoms with E-state index in [9.17, 15) is 4.79 Å². The van der Waals surface area contributed by atoms with E-state index in [1.807, 2.05) is 13.8 Å². The van der Waals surface area contributed by atoms with E-state index in [2.05, 4.69) is 35.9 Å². The van der Waals surface area contributed by atoms with E-state index >= 15 is 0 Å². The molecule has 0 aliphatic heterocycles. The molecule has 0 spiro atoms. The standard InChI is InChI=1S/C29H43N3O2/c1-7-20(12-15-27(3,4)31-32-30)24-10-11-25-23-9-8-21-18-22(34-19(2)33)13-16-28(21,5)26(23)14-17-29(24,25)6/h1,8,20,22-26H,9-18H2,2-6H3/t20-,22+,23?,24-,25?,26?,28+,29-/m1/s1. The molecule has 4 aliphatic carbocycles. The summed E-state index contributed by atoms with van der Waals surface area (Å²) in [7, 11) is 0. The molecule has 0 N–H and O–H groups in total. The van der Waals surface area contributed by atoms with Gasteiger partial charge in [-0.3, -0.25) is 4.79 Å². The van der Waals surface area contributed by atoms with Crippen molar-refractivity contribution in [3.05, 3.63) is 22.1 Å². The van der Waals surface area contributed by atoms with Crippen LogP contribution in [0.5, 0.6) is 0 Å². The van der Waals surface area contributed by atoms with E-state index in [1.54, 1.807) is 5.57 Å². The van der Waals surface area contributed by atoms with Gasteiger partial charge in [0.1, 0.15) is 6.10 Å². The maximum absolute atomic E-state index is 11.5. The van der Waals surface area contributed by atoms with Gasteiger partial charge in [0, 0.05) is 29.7 Å². The molecule has 5 heteroatoms. The number of hydrogen-bond acceptors (Lipinski definition) is 3. The fourth-order valence-corrected chi connectivity index (χ4v) is 8.74. The summed E-state index contributed by atoms with van der Waals surface area (Å²) in [4.78, 5) is 14.5. The number of rotatable bonds is 6. The molecule has 3 saturated carbocycles. The summed E-state index contributed by atoms with van der Waals surface area (Å²) >= 11 is 0. The lowest BCUT2D eigenvalue weighted by atomic mass is 9.47. The fraction of sp³-hybridized carbons (Fsp3) is 0.828. The lowest BCUT2D eigenvalue weighted by Crippen LogP contribution is -2.51. The molecular formula is C29H43N3O2. The van der Waals surface area contributed by atoms with Crippen LogP contribution >= 0.6 is 0 Å². The molecule has 186 valence electrons. The zero-order chi connectivity index (χ0) is 24.7. The van der Waals surface area contributed by atoms with Gasteiger partial charge in [-0.05, 0) is 97.8 Å². The summed E-state index contributed by atoms with van der Waals surface area (Å²) in [5.74, 6) is 6.04. The first kappa shape index (κ1) is 25.2. The maximum atomic E-state index is 11.5. The predicted molar refractivity (Wildman–Crippen MR) is 136 cm³/mol. The number of fused-ring (bicyclic) bond motifs is 5. The maximum Gasteiger partial charge on any atom is 0.302 e. The van der Waals surface area contributed by atoms with Gasteiger partial charge in [-0.2, -0.15) is 0 Å². The molecule has 0 aromatic heterocycles. The molecule has 4 rings (SSSR count). The molecule has 3 fully saturated rings. The number of allylic oxidation sites excluding steroid dienone is 1. The summed E-state index contributed by atoms with van der Waals surface area (Å²) in [6.45, 7) is 10.6. The zero-order valence-corrected chi connectivity index (χ0v) is 21.8. The minimum Gasteiger partial charge on any atom is -0.462 e. The summed E-state index contributed by atoms with van der Waals surface area (Å²) in [6, 6.07) is 0. The van der Waals surface area contributed by atoms with Crippen LogP contribution in [-0.4, -0.2) is 17.6 Å².